The lowest BCUT2D eigenvalue weighted by atomic mass is 10.1. The summed E-state index contributed by atoms with van der Waals surface area (Å²) in [5.41, 5.74) is 1.43. The lowest BCUT2D eigenvalue weighted by molar-refractivity contribution is -0.940. The van der Waals surface area contributed by atoms with E-state index in [1.54, 1.807) is 0 Å². The molecule has 1 atom stereocenters. The molecule has 0 aliphatic carbocycles. The predicted molar refractivity (Wildman–Crippen MR) is 143 cm³/mol. The van der Waals surface area contributed by atoms with Crippen LogP contribution in [0.25, 0.3) is 0 Å². The number of alkyl halides is 1. The molecule has 0 fully saturated rings. The summed E-state index contributed by atoms with van der Waals surface area (Å²) in [5, 5.41) is 0. The molecule has 0 radical (unpaired) electrons. The molecule has 0 aliphatic heterocycles. The monoisotopic (exact) mass is 559 g/mol. The topological polar surface area (TPSA) is 0 Å². The number of hydrogen-bond acceptors (Lipinski definition) is 0. The van der Waals surface area contributed by atoms with Gasteiger partial charge in [0.15, 0.2) is 0 Å². The third-order valence-electron chi connectivity index (χ3n) is 6.37. The van der Waals surface area contributed by atoms with E-state index in [1.165, 1.54) is 109 Å². The van der Waals surface area contributed by atoms with Crippen molar-refractivity contribution in [2.45, 2.75) is 114 Å². The molecule has 0 heterocycles. The van der Waals surface area contributed by atoms with Crippen molar-refractivity contribution in [1.82, 2.24) is 0 Å². The maximum atomic E-state index is 6.01. The maximum absolute atomic E-state index is 6.01. The van der Waals surface area contributed by atoms with E-state index in [9.17, 15) is 0 Å². The molecule has 0 bridgehead atoms. The Balaban J connectivity index is 0.00000900. The smallest absolute Gasteiger partial charge is 0.200 e. The highest BCUT2D eigenvalue weighted by Crippen LogP contribution is 2.27. The SMILES string of the molecule is C#CC(I)[N+](CCCCCCCCC)(CCCCCCCCC)Cc1ccccc1.[Cl-]. The summed E-state index contributed by atoms with van der Waals surface area (Å²) in [6.45, 7) is 8.09. The zero-order valence-corrected chi connectivity index (χ0v) is 23.2. The number of quaternary nitrogens is 1. The number of nitrogens with zero attached hydrogens (tertiary/aromatic N) is 1. The van der Waals surface area contributed by atoms with Crippen LogP contribution in [0.2, 0.25) is 0 Å². The molecule has 0 spiro atoms. The van der Waals surface area contributed by atoms with E-state index in [0.717, 1.165) is 11.0 Å². The van der Waals surface area contributed by atoms with E-state index < -0.39 is 0 Å². The lowest BCUT2D eigenvalue weighted by Gasteiger charge is -2.41. The summed E-state index contributed by atoms with van der Waals surface area (Å²) in [7, 11) is 0. The van der Waals surface area contributed by atoms with Crippen LogP contribution in [0.1, 0.15) is 109 Å². The minimum Gasteiger partial charge on any atom is -1.00 e. The molecule has 178 valence electrons. The van der Waals surface area contributed by atoms with Crippen LogP contribution in [0.3, 0.4) is 0 Å². The normalized spacial score (nSPS) is 12.2. The van der Waals surface area contributed by atoms with Crippen molar-refractivity contribution in [1.29, 1.82) is 0 Å². The van der Waals surface area contributed by atoms with Crippen LogP contribution in [-0.4, -0.2) is 21.6 Å². The fraction of sp³-hybridized carbons (Fsp3) is 0.714. The first kappa shape index (κ1) is 30.8. The molecule has 1 nitrogen and oxygen atoms in total. The summed E-state index contributed by atoms with van der Waals surface area (Å²) in [4.78, 5) is 0. The van der Waals surface area contributed by atoms with Crippen molar-refractivity contribution in [3.05, 3.63) is 35.9 Å². The van der Waals surface area contributed by atoms with Gasteiger partial charge in [0.2, 0.25) is 4.05 Å². The second-order valence-electron chi connectivity index (χ2n) is 9.05. The van der Waals surface area contributed by atoms with Crippen molar-refractivity contribution in [3.63, 3.8) is 0 Å². The van der Waals surface area contributed by atoms with Gasteiger partial charge in [-0.15, -0.1) is 6.42 Å². The Morgan fingerprint density at radius 2 is 1.16 bits per heavy atom. The Kier molecular flexibility index (Phi) is 20.2. The zero-order chi connectivity index (χ0) is 21.9. The summed E-state index contributed by atoms with van der Waals surface area (Å²) in [6.07, 6.45) is 25.1. The third-order valence-corrected chi connectivity index (χ3v) is 7.91. The Bertz CT molecular complexity index is 536. The molecule has 1 aromatic carbocycles. The largest absolute Gasteiger partial charge is 1.00 e. The van der Waals surface area contributed by atoms with Gasteiger partial charge in [-0.3, -0.25) is 4.48 Å². The van der Waals surface area contributed by atoms with Crippen molar-refractivity contribution in [2.75, 3.05) is 13.1 Å². The Hall–Kier alpha value is -0.240. The molecule has 0 aliphatic rings. The van der Waals surface area contributed by atoms with Gasteiger partial charge in [-0.1, -0.05) is 108 Å². The van der Waals surface area contributed by atoms with Crippen LogP contribution in [-0.2, 0) is 6.54 Å². The number of halogens is 2. The average molecular weight is 560 g/mol. The molecule has 0 saturated heterocycles. The number of terminal acetylenes is 1. The van der Waals surface area contributed by atoms with E-state index >= 15 is 0 Å². The van der Waals surface area contributed by atoms with Crippen molar-refractivity contribution < 1.29 is 16.9 Å². The summed E-state index contributed by atoms with van der Waals surface area (Å²) in [6, 6.07) is 11.0. The summed E-state index contributed by atoms with van der Waals surface area (Å²) in [5.74, 6) is 3.12. The number of unbranched alkanes of at least 4 members (excludes halogenated alkanes) is 12. The Morgan fingerprint density at radius 3 is 1.58 bits per heavy atom. The first-order valence-electron chi connectivity index (χ1n) is 12.7. The molecule has 3 heteroatoms. The van der Waals surface area contributed by atoms with Crippen LogP contribution in [0.5, 0.6) is 0 Å². The summed E-state index contributed by atoms with van der Waals surface area (Å²) < 4.78 is 1.31. The third kappa shape index (κ3) is 13.8. The van der Waals surface area contributed by atoms with Gasteiger partial charge in [-0.25, -0.2) is 0 Å². The quantitative estimate of drug-likeness (QED) is 0.0494. The van der Waals surface area contributed by atoms with Crippen LogP contribution < -0.4 is 12.4 Å². The van der Waals surface area contributed by atoms with Crippen molar-refractivity contribution in [2.24, 2.45) is 0 Å². The molecule has 1 aromatic rings. The number of hydrogen-bond donors (Lipinski definition) is 0. The van der Waals surface area contributed by atoms with E-state index in [1.807, 2.05) is 0 Å². The van der Waals surface area contributed by atoms with Gasteiger partial charge in [0.25, 0.3) is 0 Å². The van der Waals surface area contributed by atoms with Crippen LogP contribution in [0, 0.1) is 12.3 Å². The van der Waals surface area contributed by atoms with Gasteiger partial charge in [-0.05, 0) is 31.6 Å². The molecular formula is C28H47ClIN. The Labute approximate surface area is 214 Å². The van der Waals surface area contributed by atoms with Crippen LogP contribution in [0.15, 0.2) is 30.3 Å². The van der Waals surface area contributed by atoms with E-state index in [4.69, 9.17) is 6.42 Å². The van der Waals surface area contributed by atoms with Crippen LogP contribution in [0.4, 0.5) is 0 Å². The van der Waals surface area contributed by atoms with Gasteiger partial charge in [0.05, 0.1) is 13.1 Å². The highest BCUT2D eigenvalue weighted by molar-refractivity contribution is 14.1. The second-order valence-corrected chi connectivity index (χ2v) is 10.2. The fourth-order valence-corrected chi connectivity index (χ4v) is 5.20. The molecule has 1 rings (SSSR count). The van der Waals surface area contributed by atoms with Gasteiger partial charge in [0, 0.05) is 28.2 Å². The first-order chi connectivity index (χ1) is 14.7. The van der Waals surface area contributed by atoms with E-state index in [-0.39, 0.29) is 16.5 Å². The van der Waals surface area contributed by atoms with Gasteiger partial charge in [0.1, 0.15) is 6.54 Å². The number of benzene rings is 1. The van der Waals surface area contributed by atoms with E-state index in [0.29, 0.717) is 0 Å². The van der Waals surface area contributed by atoms with Gasteiger partial charge >= 0.3 is 0 Å². The van der Waals surface area contributed by atoms with Gasteiger partial charge in [-0.2, -0.15) is 0 Å². The molecule has 0 N–H and O–H groups in total. The highest BCUT2D eigenvalue weighted by Gasteiger charge is 2.33. The molecule has 0 saturated carbocycles. The van der Waals surface area contributed by atoms with Crippen molar-refractivity contribution in [3.8, 4) is 12.3 Å². The lowest BCUT2D eigenvalue weighted by Crippen LogP contribution is -3.00. The maximum Gasteiger partial charge on any atom is 0.200 e. The minimum atomic E-state index is 0. The van der Waals surface area contributed by atoms with Crippen molar-refractivity contribution >= 4 is 22.6 Å². The first-order valence-corrected chi connectivity index (χ1v) is 13.9. The number of rotatable bonds is 19. The second kappa shape index (κ2) is 20.4. The predicted octanol–water partition coefficient (Wildman–Crippen LogP) is 5.90. The zero-order valence-electron chi connectivity index (χ0n) is 20.3. The molecule has 31 heavy (non-hydrogen) atoms. The molecule has 0 amide bonds. The highest BCUT2D eigenvalue weighted by atomic mass is 127. The summed E-state index contributed by atoms with van der Waals surface area (Å²) >= 11 is 2.54. The average Bonchev–Trinajstić information content (AvgIpc) is 2.77. The molecule has 0 aromatic heterocycles. The fourth-order valence-electron chi connectivity index (χ4n) is 4.45. The Morgan fingerprint density at radius 1 is 0.742 bits per heavy atom. The van der Waals surface area contributed by atoms with E-state index in [2.05, 4.69) is 72.7 Å². The standard InChI is InChI=1S/C28H47IN.ClH/c1-4-7-9-11-13-15-20-24-30(28(29)6-3,26-27-22-18-17-19-23-27)25-21-16-14-12-10-8-5-2;/h3,17-19,22-23,28H,4-5,7-16,20-21,24-26H2,1-2H3;1H/q+1;/p-1. The van der Waals surface area contributed by atoms with Gasteiger partial charge < -0.3 is 12.4 Å². The molecule has 1 unspecified atom stereocenters. The minimum absolute atomic E-state index is 0. The molecular weight excluding hydrogens is 513 g/mol. The van der Waals surface area contributed by atoms with Crippen LogP contribution >= 0.6 is 22.6 Å².